The van der Waals surface area contributed by atoms with Gasteiger partial charge in [0.05, 0.1) is 5.41 Å². The molecular formula is C22H32N2O3. The van der Waals surface area contributed by atoms with Gasteiger partial charge >= 0.3 is 5.97 Å². The Bertz CT molecular complexity index is 657. The smallest absolute Gasteiger partial charge is 0.312 e. The first kappa shape index (κ1) is 18.6. The molecule has 1 N–H and O–H groups in total. The Labute approximate surface area is 162 Å². The molecule has 1 aromatic rings. The highest BCUT2D eigenvalue weighted by Gasteiger charge is 2.46. The van der Waals surface area contributed by atoms with Gasteiger partial charge in [0, 0.05) is 44.8 Å². The van der Waals surface area contributed by atoms with Crippen molar-refractivity contribution in [2.24, 2.45) is 17.3 Å². The maximum absolute atomic E-state index is 12.3. The van der Waals surface area contributed by atoms with Crippen molar-refractivity contribution in [2.75, 3.05) is 37.6 Å². The molecule has 5 nitrogen and oxygen atoms in total. The summed E-state index contributed by atoms with van der Waals surface area (Å²) in [6.45, 7) is 9.73. The van der Waals surface area contributed by atoms with Crippen molar-refractivity contribution >= 4 is 11.7 Å². The number of rotatable bonds is 6. The van der Waals surface area contributed by atoms with Gasteiger partial charge in [-0.25, -0.2) is 0 Å². The molecule has 0 bridgehead atoms. The Morgan fingerprint density at radius 1 is 1.07 bits per heavy atom. The number of esters is 1. The van der Waals surface area contributed by atoms with Crippen molar-refractivity contribution < 1.29 is 14.6 Å². The van der Waals surface area contributed by atoms with Gasteiger partial charge in [0.15, 0.2) is 0 Å². The number of fused-ring (bicyclic) bond motifs is 1. The zero-order valence-electron chi connectivity index (χ0n) is 16.6. The van der Waals surface area contributed by atoms with Gasteiger partial charge < -0.3 is 19.6 Å². The van der Waals surface area contributed by atoms with Gasteiger partial charge in [0.2, 0.25) is 0 Å². The maximum atomic E-state index is 12.3. The molecule has 0 aromatic heterocycles. The normalized spacial score (nSPS) is 29.9. The van der Waals surface area contributed by atoms with Gasteiger partial charge in [-0.05, 0) is 55.4 Å². The number of hydrogen-bond donors (Lipinski definition) is 1. The summed E-state index contributed by atoms with van der Waals surface area (Å²) in [5, 5.41) is 9.47. The number of hydrogen-bond acceptors (Lipinski definition) is 5. The van der Waals surface area contributed by atoms with Crippen molar-refractivity contribution in [2.45, 2.75) is 45.6 Å². The first-order chi connectivity index (χ1) is 13.0. The lowest BCUT2D eigenvalue weighted by Crippen LogP contribution is -2.30. The van der Waals surface area contributed by atoms with Crippen molar-refractivity contribution in [1.82, 2.24) is 4.90 Å². The molecule has 3 aliphatic rings. The van der Waals surface area contributed by atoms with Crippen LogP contribution in [-0.2, 0) is 9.53 Å². The second-order valence-electron chi connectivity index (χ2n) is 8.71. The fraction of sp³-hybridized carbons (Fsp3) is 0.682. The Hall–Kier alpha value is -1.75. The molecule has 1 aromatic carbocycles. The number of anilines is 1. The number of phenolic OH excluding ortho intramolecular Hbond substituents is 1. The van der Waals surface area contributed by atoms with Gasteiger partial charge in [-0.15, -0.1) is 0 Å². The van der Waals surface area contributed by atoms with E-state index in [1.165, 1.54) is 5.69 Å². The molecule has 3 atom stereocenters. The summed E-state index contributed by atoms with van der Waals surface area (Å²) < 4.78 is 5.70. The van der Waals surface area contributed by atoms with Gasteiger partial charge in [0.1, 0.15) is 11.9 Å². The van der Waals surface area contributed by atoms with Crippen LogP contribution in [0.5, 0.6) is 5.75 Å². The van der Waals surface area contributed by atoms with E-state index in [2.05, 4.69) is 23.6 Å². The van der Waals surface area contributed by atoms with Crippen LogP contribution < -0.4 is 4.90 Å². The number of nitrogens with zero attached hydrogens (tertiary/aromatic N) is 2. The Balaban J connectivity index is 1.25. The van der Waals surface area contributed by atoms with E-state index in [4.69, 9.17) is 4.74 Å². The van der Waals surface area contributed by atoms with E-state index in [0.717, 1.165) is 70.2 Å². The molecule has 0 radical (unpaired) electrons. The van der Waals surface area contributed by atoms with Crippen LogP contribution >= 0.6 is 0 Å². The van der Waals surface area contributed by atoms with E-state index in [1.54, 1.807) is 12.1 Å². The highest BCUT2D eigenvalue weighted by atomic mass is 16.6. The first-order valence-electron chi connectivity index (χ1n) is 10.5. The van der Waals surface area contributed by atoms with Crippen molar-refractivity contribution in [3.8, 4) is 5.75 Å². The lowest BCUT2D eigenvalue weighted by Gasteiger charge is -2.24. The Morgan fingerprint density at radius 2 is 1.70 bits per heavy atom. The van der Waals surface area contributed by atoms with Crippen LogP contribution in [0, 0.1) is 17.3 Å². The zero-order valence-corrected chi connectivity index (χ0v) is 16.6. The molecule has 148 valence electrons. The minimum atomic E-state index is -0.225. The molecular weight excluding hydrogens is 340 g/mol. The number of carbonyl (C=O) groups excluding carboxylic acids is 1. The molecule has 3 saturated heterocycles. The predicted molar refractivity (Wildman–Crippen MR) is 106 cm³/mol. The highest BCUT2D eigenvalue weighted by Crippen LogP contribution is 2.41. The van der Waals surface area contributed by atoms with Crippen LogP contribution in [-0.4, -0.2) is 54.8 Å². The van der Waals surface area contributed by atoms with Crippen LogP contribution in [0.15, 0.2) is 24.3 Å². The Morgan fingerprint density at radius 3 is 2.26 bits per heavy atom. The summed E-state index contributed by atoms with van der Waals surface area (Å²) >= 11 is 0. The largest absolute Gasteiger partial charge is 0.508 e. The van der Waals surface area contributed by atoms with E-state index in [1.807, 2.05) is 12.1 Å². The van der Waals surface area contributed by atoms with E-state index in [-0.39, 0.29) is 17.5 Å². The van der Waals surface area contributed by atoms with Crippen LogP contribution in [0.1, 0.15) is 39.5 Å². The van der Waals surface area contributed by atoms with Crippen molar-refractivity contribution in [3.63, 3.8) is 0 Å². The minimum absolute atomic E-state index is 0.0281. The molecule has 3 unspecified atom stereocenters. The van der Waals surface area contributed by atoms with Crippen molar-refractivity contribution in [3.05, 3.63) is 24.3 Å². The average Bonchev–Trinajstić information content (AvgIpc) is 3.32. The first-order valence-corrected chi connectivity index (χ1v) is 10.5. The molecule has 0 aliphatic carbocycles. The van der Waals surface area contributed by atoms with Crippen LogP contribution in [0.3, 0.4) is 0 Å². The van der Waals surface area contributed by atoms with Gasteiger partial charge in [-0.3, -0.25) is 4.79 Å². The molecule has 3 heterocycles. The Kier molecular flexibility index (Phi) is 5.06. The third-order valence-electron chi connectivity index (χ3n) is 7.22. The molecule has 0 spiro atoms. The third-order valence-corrected chi connectivity index (χ3v) is 7.22. The number of carbonyl (C=O) groups is 1. The van der Waals surface area contributed by atoms with Crippen LogP contribution in [0.4, 0.5) is 5.69 Å². The molecule has 0 saturated carbocycles. The number of phenols is 1. The standard InChI is InChI=1S/C22H32N2O3/c1-3-22(4-2)11-20(27-21(22)26)9-10-23-12-16-14-24(15-17(16)13-23)18-5-7-19(25)8-6-18/h5-8,16-17,20,25H,3-4,9-15H2,1-2H3. The molecule has 5 heteroatoms. The number of ether oxygens (including phenoxy) is 1. The molecule has 4 rings (SSSR count). The fourth-order valence-corrected chi connectivity index (χ4v) is 5.30. The second-order valence-corrected chi connectivity index (χ2v) is 8.71. The van der Waals surface area contributed by atoms with Gasteiger partial charge in [-0.1, -0.05) is 13.8 Å². The summed E-state index contributed by atoms with van der Waals surface area (Å²) in [6, 6.07) is 7.56. The molecule has 27 heavy (non-hydrogen) atoms. The summed E-state index contributed by atoms with van der Waals surface area (Å²) in [6.07, 6.45) is 3.74. The monoisotopic (exact) mass is 372 g/mol. The lowest BCUT2D eigenvalue weighted by atomic mass is 9.79. The summed E-state index contributed by atoms with van der Waals surface area (Å²) in [5.74, 6) is 1.79. The summed E-state index contributed by atoms with van der Waals surface area (Å²) in [7, 11) is 0. The number of likely N-dealkylation sites (tertiary alicyclic amines) is 1. The summed E-state index contributed by atoms with van der Waals surface area (Å²) in [5.41, 5.74) is 0.985. The number of aromatic hydroxyl groups is 1. The average molecular weight is 373 g/mol. The zero-order chi connectivity index (χ0) is 19.0. The molecule has 3 fully saturated rings. The van der Waals surface area contributed by atoms with E-state index >= 15 is 0 Å². The second kappa shape index (κ2) is 7.34. The molecule has 3 aliphatic heterocycles. The maximum Gasteiger partial charge on any atom is 0.312 e. The van der Waals surface area contributed by atoms with Crippen LogP contribution in [0.25, 0.3) is 0 Å². The molecule has 0 amide bonds. The topological polar surface area (TPSA) is 53.0 Å². The quantitative estimate of drug-likeness (QED) is 0.777. The highest BCUT2D eigenvalue weighted by molar-refractivity contribution is 5.78. The van der Waals surface area contributed by atoms with E-state index < -0.39 is 0 Å². The van der Waals surface area contributed by atoms with Gasteiger partial charge in [0.25, 0.3) is 0 Å². The minimum Gasteiger partial charge on any atom is -0.508 e. The van der Waals surface area contributed by atoms with E-state index in [0.29, 0.717) is 5.75 Å². The predicted octanol–water partition coefficient (Wildman–Crippen LogP) is 3.27. The number of benzene rings is 1. The van der Waals surface area contributed by atoms with Crippen molar-refractivity contribution in [1.29, 1.82) is 0 Å². The van der Waals surface area contributed by atoms with E-state index in [9.17, 15) is 9.90 Å². The lowest BCUT2D eigenvalue weighted by molar-refractivity contribution is -0.149. The van der Waals surface area contributed by atoms with Crippen LogP contribution in [0.2, 0.25) is 0 Å². The summed E-state index contributed by atoms with van der Waals surface area (Å²) in [4.78, 5) is 17.3. The fourth-order valence-electron chi connectivity index (χ4n) is 5.30. The third kappa shape index (κ3) is 3.54. The van der Waals surface area contributed by atoms with Gasteiger partial charge in [-0.2, -0.15) is 0 Å². The SMILES string of the molecule is CCC1(CC)CC(CCN2CC3CN(c4ccc(O)cc4)CC3C2)OC1=O. The number of cyclic esters (lactones) is 1.